The minimum atomic E-state index is -5.68. The minimum absolute atomic E-state index is 0.0343. The molecule has 4 aromatic heterocycles. The van der Waals surface area contributed by atoms with Crippen molar-refractivity contribution in [1.82, 2.24) is 39.0 Å². The summed E-state index contributed by atoms with van der Waals surface area (Å²) in [6.45, 7) is -0.390. The summed E-state index contributed by atoms with van der Waals surface area (Å²) in [5.74, 6) is -2.69. The molecule has 26 heteroatoms. The van der Waals surface area contributed by atoms with Crippen molar-refractivity contribution in [3.63, 3.8) is 0 Å². The van der Waals surface area contributed by atoms with Gasteiger partial charge in [-0.25, -0.2) is 29.9 Å². The first-order chi connectivity index (χ1) is 21.4. The number of aromatic nitrogens is 8. The Morgan fingerprint density at radius 3 is 1.76 bits per heavy atom. The van der Waals surface area contributed by atoms with E-state index < -0.39 is 76.0 Å². The molecule has 6 heterocycles. The van der Waals surface area contributed by atoms with Crippen LogP contribution < -0.4 is 11.5 Å². The van der Waals surface area contributed by atoms with Gasteiger partial charge in [0.25, 0.3) is 0 Å². The second-order valence-electron chi connectivity index (χ2n) is 10.1. The summed E-state index contributed by atoms with van der Waals surface area (Å²) >= 11 is 0. The van der Waals surface area contributed by atoms with E-state index in [0.29, 0.717) is 11.2 Å². The van der Waals surface area contributed by atoms with Crippen molar-refractivity contribution < 1.29 is 68.8 Å². The fourth-order valence-electron chi connectivity index (χ4n) is 4.95. The van der Waals surface area contributed by atoms with Gasteiger partial charge in [-0.15, -0.1) is 0 Å². The number of imidazole rings is 2. The molecule has 0 bridgehead atoms. The number of nitrogens with two attached hydrogens (primary N) is 2. The number of aliphatic hydroxyl groups is 6. The van der Waals surface area contributed by atoms with Gasteiger partial charge < -0.3 is 71.2 Å². The van der Waals surface area contributed by atoms with E-state index in [-0.39, 0.29) is 22.8 Å². The van der Waals surface area contributed by atoms with Crippen LogP contribution >= 0.6 is 15.2 Å². The molecule has 6 rings (SSSR count). The van der Waals surface area contributed by atoms with E-state index in [1.165, 1.54) is 17.2 Å². The van der Waals surface area contributed by atoms with Gasteiger partial charge in [0, 0.05) is 0 Å². The number of anilines is 2. The second kappa shape index (κ2) is 12.0. The van der Waals surface area contributed by atoms with Crippen LogP contribution in [0.5, 0.6) is 0 Å². The smallest absolute Gasteiger partial charge is 0.362 e. The Hall–Kier alpha value is -3.32. The van der Waals surface area contributed by atoms with E-state index in [4.69, 9.17) is 35.8 Å². The molecule has 46 heavy (non-hydrogen) atoms. The SMILES string of the molecule is Nc1ncnc2c1ncn2[C@@H]1O[C@H](C(O)P(=O)(O)O)[C@](O)(P(=O)(O)O)[C@H]1O.Nc1ncnc2c1ncn2[C@@H]1O[C@H](CO)[C@@H](O)[C@H]1O. The number of hydrogen-bond acceptors (Lipinski definition) is 18. The summed E-state index contributed by atoms with van der Waals surface area (Å²) < 4.78 is 36.0. The monoisotopic (exact) mass is 694 g/mol. The van der Waals surface area contributed by atoms with Crippen LogP contribution in [0.1, 0.15) is 12.5 Å². The molecular weight excluding hydrogens is 666 g/mol. The fourth-order valence-corrected chi connectivity index (χ4v) is 6.72. The van der Waals surface area contributed by atoms with E-state index in [2.05, 4.69) is 29.9 Å². The summed E-state index contributed by atoms with van der Waals surface area (Å²) in [4.78, 5) is 60.5. The third-order valence-electron chi connectivity index (χ3n) is 7.33. The van der Waals surface area contributed by atoms with Crippen LogP contribution in [0, 0.1) is 0 Å². The average Bonchev–Trinajstić information content (AvgIpc) is 3.74. The summed E-state index contributed by atoms with van der Waals surface area (Å²) in [6.07, 6.45) is -6.21. The Balaban J connectivity index is 0.000000192. The highest BCUT2D eigenvalue weighted by molar-refractivity contribution is 7.54. The number of aliphatic hydroxyl groups excluding tert-OH is 5. The summed E-state index contributed by atoms with van der Waals surface area (Å²) in [6, 6.07) is 0. The zero-order valence-electron chi connectivity index (χ0n) is 22.9. The molecule has 2 aliphatic heterocycles. The topological polar surface area (TPSA) is 394 Å². The zero-order valence-corrected chi connectivity index (χ0v) is 24.7. The van der Waals surface area contributed by atoms with Crippen LogP contribution in [0.15, 0.2) is 25.3 Å². The number of ether oxygens (including phenoxy) is 2. The van der Waals surface area contributed by atoms with Crippen LogP contribution in [0.2, 0.25) is 0 Å². The van der Waals surface area contributed by atoms with Crippen LogP contribution in [-0.4, -0.2) is 138 Å². The van der Waals surface area contributed by atoms with Crippen LogP contribution in [0.4, 0.5) is 11.6 Å². The Labute approximate surface area is 254 Å². The summed E-state index contributed by atoms with van der Waals surface area (Å²) in [5, 5.41) is 55.8. The molecule has 2 saturated heterocycles. The number of nitrogen functional groups attached to an aromatic ring is 2. The van der Waals surface area contributed by atoms with Crippen molar-refractivity contribution in [1.29, 1.82) is 0 Å². The normalized spacial score (nSPS) is 30.9. The number of rotatable bonds is 6. The Morgan fingerprint density at radius 1 is 0.826 bits per heavy atom. The van der Waals surface area contributed by atoms with Gasteiger partial charge >= 0.3 is 15.2 Å². The lowest BCUT2D eigenvalue weighted by Crippen LogP contribution is -2.51. The maximum Gasteiger partial charge on any atom is 0.362 e. The molecule has 0 spiro atoms. The fraction of sp³-hybridized carbons (Fsp3) is 0.500. The van der Waals surface area contributed by atoms with Gasteiger partial charge in [0.15, 0.2) is 41.2 Å². The first-order valence-corrected chi connectivity index (χ1v) is 16.1. The maximum atomic E-state index is 11.8. The van der Waals surface area contributed by atoms with E-state index >= 15 is 0 Å². The van der Waals surface area contributed by atoms with Crippen molar-refractivity contribution in [2.24, 2.45) is 0 Å². The molecule has 4 aromatic rings. The highest BCUT2D eigenvalue weighted by Crippen LogP contribution is 2.62. The molecule has 0 aliphatic carbocycles. The highest BCUT2D eigenvalue weighted by Gasteiger charge is 2.69. The first kappa shape index (κ1) is 34.0. The van der Waals surface area contributed by atoms with Crippen molar-refractivity contribution in [2.75, 3.05) is 18.1 Å². The number of fused-ring (bicyclic) bond motifs is 2. The third-order valence-corrected chi connectivity index (χ3v) is 9.74. The largest absolute Gasteiger partial charge is 0.394 e. The molecule has 252 valence electrons. The standard InChI is InChI=1S/C10H15N5O10P2.C10H13N5O4/c11-6-3-7(13-1-12-6)15(2-14-3)8-4(16)10(18,27(22,23)24)5(25-8)9(17)26(19,20)21;11-8-5-9(13-2-12-8)15(3-14-5)10-7(18)6(17)4(1-16)19-10/h1-2,4-5,8-9,16-18H,(H2,11,12,13)(H2,19,20,21)(H2,22,23,24);2-4,6-7,10,16-18H,1H2,(H2,11,12,13)/t4-,5+,8+,9?,10+;4-,6-,7-,10-/m01/s1. The van der Waals surface area contributed by atoms with Gasteiger partial charge in [0.05, 0.1) is 19.3 Å². The molecule has 9 atom stereocenters. The van der Waals surface area contributed by atoms with Gasteiger partial charge in [-0.05, 0) is 0 Å². The van der Waals surface area contributed by atoms with E-state index in [9.17, 15) is 44.4 Å². The lowest BCUT2D eigenvalue weighted by Gasteiger charge is -2.33. The Bertz CT molecular complexity index is 1830. The maximum absolute atomic E-state index is 11.8. The minimum Gasteiger partial charge on any atom is -0.394 e. The van der Waals surface area contributed by atoms with E-state index in [1.54, 1.807) is 0 Å². The molecule has 0 saturated carbocycles. The van der Waals surface area contributed by atoms with Gasteiger partial charge in [0.2, 0.25) is 5.34 Å². The van der Waals surface area contributed by atoms with Crippen LogP contribution in [0.3, 0.4) is 0 Å². The second-order valence-corrected chi connectivity index (χ2v) is 13.6. The van der Waals surface area contributed by atoms with Gasteiger partial charge in [0.1, 0.15) is 54.2 Å². The summed E-state index contributed by atoms with van der Waals surface area (Å²) in [7, 11) is -11.1. The van der Waals surface area contributed by atoms with Crippen molar-refractivity contribution >= 4 is 49.2 Å². The van der Waals surface area contributed by atoms with E-state index in [0.717, 1.165) is 17.2 Å². The lowest BCUT2D eigenvalue weighted by molar-refractivity contribution is -0.0777. The van der Waals surface area contributed by atoms with Crippen molar-refractivity contribution in [2.45, 2.75) is 54.2 Å². The number of hydrogen-bond donors (Lipinski definition) is 12. The summed E-state index contributed by atoms with van der Waals surface area (Å²) in [5.41, 5.74) is 12.0. The van der Waals surface area contributed by atoms with Gasteiger partial charge in [-0.3, -0.25) is 18.3 Å². The van der Waals surface area contributed by atoms with Crippen molar-refractivity contribution in [3.8, 4) is 0 Å². The predicted molar refractivity (Wildman–Crippen MR) is 147 cm³/mol. The van der Waals surface area contributed by atoms with Crippen LogP contribution in [0.25, 0.3) is 22.3 Å². The molecule has 24 nitrogen and oxygen atoms in total. The molecule has 0 aromatic carbocycles. The first-order valence-electron chi connectivity index (χ1n) is 12.8. The van der Waals surface area contributed by atoms with Crippen LogP contribution in [-0.2, 0) is 18.6 Å². The average molecular weight is 694 g/mol. The lowest BCUT2D eigenvalue weighted by atomic mass is 10.1. The highest BCUT2D eigenvalue weighted by atomic mass is 31.2. The molecule has 1 unspecified atom stereocenters. The Morgan fingerprint density at radius 2 is 1.33 bits per heavy atom. The van der Waals surface area contributed by atoms with Gasteiger partial charge in [-0.1, -0.05) is 0 Å². The van der Waals surface area contributed by atoms with E-state index in [1.807, 2.05) is 0 Å². The zero-order chi connectivity index (χ0) is 33.9. The van der Waals surface area contributed by atoms with Gasteiger partial charge in [-0.2, -0.15) is 0 Å². The quantitative estimate of drug-likeness (QED) is 0.0841. The third kappa shape index (κ3) is 5.52. The molecule has 0 amide bonds. The molecule has 2 aliphatic rings. The predicted octanol–water partition coefficient (Wildman–Crippen LogP) is -4.95. The number of nitrogens with zero attached hydrogens (tertiary/aromatic N) is 8. The molecule has 2 fully saturated rings. The Kier molecular flexibility index (Phi) is 8.91. The molecular formula is C20H28N10O14P2. The molecule has 14 N–H and O–H groups in total. The molecule has 0 radical (unpaired) electrons. The van der Waals surface area contributed by atoms with Crippen molar-refractivity contribution in [3.05, 3.63) is 25.3 Å².